The number of hydrogen-bond acceptors (Lipinski definition) is 6. The van der Waals surface area contributed by atoms with E-state index in [2.05, 4.69) is 69.0 Å². The number of rotatable bonds is 10. The quantitative estimate of drug-likeness (QED) is 0.102. The summed E-state index contributed by atoms with van der Waals surface area (Å²) in [5.74, 6) is 2.56. The summed E-state index contributed by atoms with van der Waals surface area (Å²) in [6.07, 6.45) is 3.14. The van der Waals surface area contributed by atoms with Crippen LogP contribution in [0.15, 0.2) is 142 Å². The smallest absolute Gasteiger partial charge is 0.205 e. The number of furan rings is 1. The van der Waals surface area contributed by atoms with Crippen LogP contribution in [0.2, 0.25) is 0 Å². The highest BCUT2D eigenvalue weighted by Crippen LogP contribution is 2.44. The first-order valence-electron chi connectivity index (χ1n) is 17.4. The fourth-order valence-electron chi connectivity index (χ4n) is 7.37. The second-order valence-electron chi connectivity index (χ2n) is 13.3. The number of aryl methyl sites for hydroxylation is 1. The lowest BCUT2D eigenvalue weighted by atomic mass is 9.77. The van der Waals surface area contributed by atoms with E-state index in [1.807, 2.05) is 91.9 Å². The van der Waals surface area contributed by atoms with Crippen LogP contribution in [0.3, 0.4) is 0 Å². The first-order chi connectivity index (χ1) is 25.6. The molecule has 1 fully saturated rings. The zero-order valence-corrected chi connectivity index (χ0v) is 29.9. The highest BCUT2D eigenvalue weighted by Gasteiger charge is 2.41. The summed E-state index contributed by atoms with van der Waals surface area (Å²) in [5.41, 5.74) is 6.98. The average Bonchev–Trinajstić information content (AvgIpc) is 3.71. The predicted molar refractivity (Wildman–Crippen MR) is 204 cm³/mol. The van der Waals surface area contributed by atoms with Gasteiger partial charge in [0.25, 0.3) is 0 Å². The van der Waals surface area contributed by atoms with E-state index in [1.54, 1.807) is 4.80 Å². The molecule has 9 rings (SSSR count). The molecule has 0 aliphatic heterocycles. The summed E-state index contributed by atoms with van der Waals surface area (Å²) in [6.45, 7) is 2.46. The molecule has 9 heteroatoms. The Bertz CT molecular complexity index is 2460. The number of fused-ring (bicyclic) bond motifs is 1. The van der Waals surface area contributed by atoms with E-state index in [-0.39, 0.29) is 0 Å². The van der Waals surface area contributed by atoms with Crippen molar-refractivity contribution in [2.75, 3.05) is 0 Å². The van der Waals surface area contributed by atoms with E-state index in [4.69, 9.17) is 24.8 Å². The monoisotopic (exact) mass is 744 g/mol. The molecule has 1 aliphatic rings. The van der Waals surface area contributed by atoms with E-state index in [1.165, 1.54) is 0 Å². The van der Waals surface area contributed by atoms with Crippen molar-refractivity contribution in [1.29, 1.82) is 0 Å². The second-order valence-corrected chi connectivity index (χ2v) is 14.0. The van der Waals surface area contributed by atoms with Crippen LogP contribution in [0.1, 0.15) is 63.0 Å². The summed E-state index contributed by atoms with van der Waals surface area (Å²) in [7, 11) is 0. The number of aldehydes is 1. The van der Waals surface area contributed by atoms with Crippen LogP contribution in [0, 0.1) is 6.92 Å². The van der Waals surface area contributed by atoms with Crippen LogP contribution in [0.5, 0.6) is 0 Å². The molecule has 0 atom stereocenters. The van der Waals surface area contributed by atoms with Crippen molar-refractivity contribution < 1.29 is 9.21 Å². The van der Waals surface area contributed by atoms with Crippen LogP contribution < -0.4 is 0 Å². The van der Waals surface area contributed by atoms with Crippen molar-refractivity contribution >= 4 is 33.2 Å². The summed E-state index contributed by atoms with van der Waals surface area (Å²) in [6, 6.07) is 45.1. The van der Waals surface area contributed by atoms with Gasteiger partial charge in [-0.2, -0.15) is 0 Å². The maximum Gasteiger partial charge on any atom is 0.205 e. The Kier molecular flexibility index (Phi) is 8.00. The molecular formula is C43H33BrN6O2. The molecule has 0 N–H and O–H groups in total. The molecule has 0 radical (unpaired) electrons. The Morgan fingerprint density at radius 3 is 2.00 bits per heavy atom. The maximum atomic E-state index is 12.0. The molecule has 3 heterocycles. The van der Waals surface area contributed by atoms with Crippen LogP contribution in [-0.2, 0) is 12.1 Å². The Labute approximate surface area is 308 Å². The van der Waals surface area contributed by atoms with Crippen LogP contribution in [0.4, 0.5) is 0 Å². The minimum atomic E-state index is -0.892. The highest BCUT2D eigenvalue weighted by molar-refractivity contribution is 9.10. The number of halogens is 1. The molecule has 0 unspecified atom stereocenters. The molecule has 0 amide bonds. The van der Waals surface area contributed by atoms with Crippen molar-refractivity contribution in [3.8, 4) is 22.7 Å². The lowest BCUT2D eigenvalue weighted by Crippen LogP contribution is -2.39. The number of carbonyl (C=O) groups excluding carboxylic acids is 1. The molecule has 8 nitrogen and oxygen atoms in total. The van der Waals surface area contributed by atoms with E-state index in [9.17, 15) is 4.79 Å². The molecule has 254 valence electrons. The highest BCUT2D eigenvalue weighted by atomic mass is 79.9. The van der Waals surface area contributed by atoms with E-state index >= 15 is 0 Å². The van der Waals surface area contributed by atoms with Crippen LogP contribution >= 0.6 is 15.9 Å². The summed E-state index contributed by atoms with van der Waals surface area (Å²) >= 11 is 3.89. The third-order valence-electron chi connectivity index (χ3n) is 10.0. The van der Waals surface area contributed by atoms with Crippen molar-refractivity contribution in [3.05, 3.63) is 177 Å². The van der Waals surface area contributed by atoms with E-state index in [0.717, 1.165) is 79.5 Å². The fourth-order valence-corrected chi connectivity index (χ4v) is 7.97. The molecule has 52 heavy (non-hydrogen) atoms. The van der Waals surface area contributed by atoms with Gasteiger partial charge in [0, 0.05) is 29.0 Å². The van der Waals surface area contributed by atoms with Gasteiger partial charge in [-0.1, -0.05) is 121 Å². The average molecular weight is 746 g/mol. The normalized spacial score (nSPS) is 13.1. The van der Waals surface area contributed by atoms with Gasteiger partial charge in [0.05, 0.1) is 10.2 Å². The lowest BCUT2D eigenvalue weighted by Gasteiger charge is -2.34. The maximum absolute atomic E-state index is 12.0. The Morgan fingerprint density at radius 1 is 0.808 bits per heavy atom. The van der Waals surface area contributed by atoms with Gasteiger partial charge in [-0.25, -0.2) is 4.98 Å². The summed E-state index contributed by atoms with van der Waals surface area (Å²) in [5, 5.41) is 15.6. The molecule has 3 aromatic heterocycles. The first-order valence-corrected chi connectivity index (χ1v) is 18.2. The Hall–Kier alpha value is -5.93. The largest absolute Gasteiger partial charge is 0.455 e. The minimum absolute atomic E-state index is 0.421. The number of hydrogen-bond donors (Lipinski definition) is 0. The van der Waals surface area contributed by atoms with Crippen LogP contribution in [-0.4, -0.2) is 36.0 Å². The molecule has 1 saturated carbocycles. The number of benzene rings is 5. The van der Waals surface area contributed by atoms with Gasteiger partial charge in [-0.3, -0.25) is 4.79 Å². The zero-order chi connectivity index (χ0) is 35.2. The number of imidazole rings is 1. The van der Waals surface area contributed by atoms with Gasteiger partial charge in [0.2, 0.25) is 5.82 Å². The van der Waals surface area contributed by atoms with E-state index in [0.29, 0.717) is 29.7 Å². The fraction of sp³-hybridized carbons (Fsp3) is 0.140. The van der Waals surface area contributed by atoms with Gasteiger partial charge < -0.3 is 8.98 Å². The van der Waals surface area contributed by atoms with Crippen molar-refractivity contribution in [3.63, 3.8) is 0 Å². The Morgan fingerprint density at radius 2 is 1.40 bits per heavy atom. The number of nitrogens with zero attached hydrogens (tertiary/aromatic N) is 6. The van der Waals surface area contributed by atoms with Crippen molar-refractivity contribution in [1.82, 2.24) is 29.8 Å². The van der Waals surface area contributed by atoms with Crippen molar-refractivity contribution in [2.45, 2.75) is 37.8 Å². The standard InChI is InChI=1S/C43H33BrN6O2/c1-28-37(27-51)49(42(45-28)30-22-23-30)26-29-21-24-38-36(25-29)39(44)40(52-38)34-19-11-12-20-35(34)41-46-48-50(47-41)43(31-13-5-2-6-14-31,32-15-7-3-8-16-32)33-17-9-4-10-18-33/h2-21,24-25,27,30H,22-23,26H2,1H3. The molecule has 5 aromatic carbocycles. The lowest BCUT2D eigenvalue weighted by molar-refractivity contribution is 0.111. The van der Waals surface area contributed by atoms with Gasteiger partial charge in [0.15, 0.2) is 11.8 Å². The number of tetrazole rings is 1. The predicted octanol–water partition coefficient (Wildman–Crippen LogP) is 9.60. The summed E-state index contributed by atoms with van der Waals surface area (Å²) < 4.78 is 9.45. The number of aromatic nitrogens is 6. The molecule has 8 aromatic rings. The third-order valence-corrected chi connectivity index (χ3v) is 10.8. The minimum Gasteiger partial charge on any atom is -0.455 e. The van der Waals surface area contributed by atoms with E-state index < -0.39 is 5.54 Å². The molecule has 0 spiro atoms. The van der Waals surface area contributed by atoms with Gasteiger partial charge in [0.1, 0.15) is 22.9 Å². The van der Waals surface area contributed by atoms with Gasteiger partial charge in [-0.15, -0.1) is 15.0 Å². The third kappa shape index (κ3) is 5.31. The molecule has 0 saturated heterocycles. The first kappa shape index (κ1) is 32.0. The summed E-state index contributed by atoms with van der Waals surface area (Å²) in [4.78, 5) is 18.5. The van der Waals surface area contributed by atoms with Gasteiger partial charge in [-0.05, 0) is 75.3 Å². The van der Waals surface area contributed by atoms with Crippen LogP contribution in [0.25, 0.3) is 33.7 Å². The van der Waals surface area contributed by atoms with Gasteiger partial charge >= 0.3 is 0 Å². The molecule has 1 aliphatic carbocycles. The number of carbonyl (C=O) groups is 1. The van der Waals surface area contributed by atoms with Crippen molar-refractivity contribution in [2.24, 2.45) is 0 Å². The zero-order valence-electron chi connectivity index (χ0n) is 28.4. The second kappa shape index (κ2) is 13.0. The Balaban J connectivity index is 1.14. The topological polar surface area (TPSA) is 91.6 Å². The SMILES string of the molecule is Cc1nc(C2CC2)n(Cc2ccc3oc(-c4ccccc4-c4nnn(C(c5ccccc5)(c5ccccc5)c5ccccc5)n4)c(Br)c3c2)c1C=O. The molecule has 0 bridgehead atoms. The molecular weight excluding hydrogens is 712 g/mol.